The quantitative estimate of drug-likeness (QED) is 0.808. The molecular formula is C9H14BrN3O. The van der Waals surface area contributed by atoms with E-state index in [0.717, 1.165) is 4.60 Å². The van der Waals surface area contributed by atoms with Crippen LogP contribution in [-0.2, 0) is 0 Å². The van der Waals surface area contributed by atoms with Crippen molar-refractivity contribution in [2.24, 2.45) is 5.92 Å². The normalized spacial score (nSPS) is 12.9. The van der Waals surface area contributed by atoms with Crippen LogP contribution in [0.1, 0.15) is 13.8 Å². The molecule has 0 radical (unpaired) electrons. The van der Waals surface area contributed by atoms with Gasteiger partial charge in [-0.05, 0) is 21.8 Å². The van der Waals surface area contributed by atoms with Crippen LogP contribution in [0.3, 0.4) is 0 Å². The predicted octanol–water partition coefficient (Wildman–Crippen LogP) is 1.67. The second-order valence-corrected chi connectivity index (χ2v) is 4.23. The number of hydrogen-bond acceptors (Lipinski definition) is 4. The maximum Gasteiger partial charge on any atom is 0.130 e. The van der Waals surface area contributed by atoms with E-state index in [1.807, 2.05) is 13.8 Å². The van der Waals surface area contributed by atoms with Crippen LogP contribution in [0.5, 0.6) is 0 Å². The number of nitrogens with one attached hydrogen (secondary N) is 1. The Morgan fingerprint density at radius 1 is 1.50 bits per heavy atom. The molecule has 1 heterocycles. The molecule has 14 heavy (non-hydrogen) atoms. The van der Waals surface area contributed by atoms with Crippen LogP contribution in [0, 0.1) is 5.92 Å². The van der Waals surface area contributed by atoms with E-state index in [1.54, 1.807) is 6.07 Å². The van der Waals surface area contributed by atoms with Crippen molar-refractivity contribution in [2.75, 3.05) is 11.9 Å². The van der Waals surface area contributed by atoms with Crippen LogP contribution in [0.4, 0.5) is 5.82 Å². The highest BCUT2D eigenvalue weighted by molar-refractivity contribution is 9.10. The molecule has 4 nitrogen and oxygen atoms in total. The molecule has 1 aromatic heterocycles. The number of halogens is 1. The van der Waals surface area contributed by atoms with Crippen LogP contribution in [0.2, 0.25) is 0 Å². The van der Waals surface area contributed by atoms with Crippen LogP contribution in [0.15, 0.2) is 17.0 Å². The van der Waals surface area contributed by atoms with Crippen molar-refractivity contribution >= 4 is 21.7 Å². The van der Waals surface area contributed by atoms with E-state index in [4.69, 9.17) is 0 Å². The van der Waals surface area contributed by atoms with E-state index in [9.17, 15) is 5.11 Å². The zero-order chi connectivity index (χ0) is 10.6. The van der Waals surface area contributed by atoms with Crippen LogP contribution >= 0.6 is 15.9 Å². The maximum absolute atomic E-state index is 9.54. The summed E-state index contributed by atoms with van der Waals surface area (Å²) in [6.07, 6.45) is 1.11. The predicted molar refractivity (Wildman–Crippen MR) is 59.1 cm³/mol. The standard InChI is InChI=1S/C9H14BrN3O/c1-6(2)7(14)4-11-9-3-8(10)12-5-13-9/h3,5-7,14H,4H2,1-2H3,(H,11,12,13). The lowest BCUT2D eigenvalue weighted by Gasteiger charge is -2.15. The molecule has 0 amide bonds. The van der Waals surface area contributed by atoms with Gasteiger partial charge in [-0.2, -0.15) is 0 Å². The molecule has 0 bridgehead atoms. The minimum atomic E-state index is -0.358. The molecule has 0 saturated carbocycles. The fourth-order valence-corrected chi connectivity index (χ4v) is 1.18. The molecular weight excluding hydrogens is 246 g/mol. The molecule has 0 aliphatic carbocycles. The lowest BCUT2D eigenvalue weighted by Crippen LogP contribution is -2.25. The zero-order valence-electron chi connectivity index (χ0n) is 8.24. The average molecular weight is 260 g/mol. The van der Waals surface area contributed by atoms with E-state index < -0.39 is 0 Å². The van der Waals surface area contributed by atoms with Gasteiger partial charge in [0.1, 0.15) is 16.7 Å². The zero-order valence-corrected chi connectivity index (χ0v) is 9.82. The number of aliphatic hydroxyl groups excluding tert-OH is 1. The molecule has 0 saturated heterocycles. The highest BCUT2D eigenvalue weighted by atomic mass is 79.9. The number of nitrogens with zero attached hydrogens (tertiary/aromatic N) is 2. The SMILES string of the molecule is CC(C)C(O)CNc1cc(Br)ncn1. The van der Waals surface area contributed by atoms with Crippen molar-refractivity contribution in [3.8, 4) is 0 Å². The third kappa shape index (κ3) is 3.59. The van der Waals surface area contributed by atoms with E-state index in [1.165, 1.54) is 6.33 Å². The van der Waals surface area contributed by atoms with Crippen molar-refractivity contribution in [2.45, 2.75) is 20.0 Å². The molecule has 0 aliphatic rings. The van der Waals surface area contributed by atoms with Gasteiger partial charge in [0, 0.05) is 12.6 Å². The molecule has 5 heteroatoms. The molecule has 2 N–H and O–H groups in total. The Balaban J connectivity index is 2.45. The molecule has 0 aromatic carbocycles. The summed E-state index contributed by atoms with van der Waals surface area (Å²) >= 11 is 3.24. The van der Waals surface area contributed by atoms with E-state index in [-0.39, 0.29) is 12.0 Å². The van der Waals surface area contributed by atoms with Crippen molar-refractivity contribution < 1.29 is 5.11 Å². The van der Waals surface area contributed by atoms with Gasteiger partial charge in [-0.3, -0.25) is 0 Å². The Bertz CT molecular complexity index is 293. The second-order valence-electron chi connectivity index (χ2n) is 3.42. The van der Waals surface area contributed by atoms with Crippen molar-refractivity contribution in [3.05, 3.63) is 17.0 Å². The van der Waals surface area contributed by atoms with Crippen LogP contribution in [-0.4, -0.2) is 27.7 Å². The molecule has 78 valence electrons. The Morgan fingerprint density at radius 2 is 2.21 bits per heavy atom. The van der Waals surface area contributed by atoms with Crippen LogP contribution in [0.25, 0.3) is 0 Å². The van der Waals surface area contributed by atoms with Gasteiger partial charge in [-0.1, -0.05) is 13.8 Å². The molecule has 1 unspecified atom stereocenters. The minimum Gasteiger partial charge on any atom is -0.391 e. The summed E-state index contributed by atoms with van der Waals surface area (Å²) in [6, 6.07) is 1.77. The first-order valence-electron chi connectivity index (χ1n) is 4.49. The smallest absolute Gasteiger partial charge is 0.130 e. The summed E-state index contributed by atoms with van der Waals surface area (Å²) < 4.78 is 0.731. The highest BCUT2D eigenvalue weighted by Crippen LogP contribution is 2.10. The third-order valence-corrected chi connectivity index (χ3v) is 2.33. The summed E-state index contributed by atoms with van der Waals surface area (Å²) in [5.41, 5.74) is 0. The summed E-state index contributed by atoms with van der Waals surface area (Å²) in [5, 5.41) is 12.6. The monoisotopic (exact) mass is 259 g/mol. The number of aliphatic hydroxyl groups is 1. The Morgan fingerprint density at radius 3 is 2.79 bits per heavy atom. The van der Waals surface area contributed by atoms with Crippen molar-refractivity contribution in [3.63, 3.8) is 0 Å². The minimum absolute atomic E-state index is 0.243. The first-order chi connectivity index (χ1) is 6.59. The highest BCUT2D eigenvalue weighted by Gasteiger charge is 2.08. The first kappa shape index (κ1) is 11.4. The fourth-order valence-electron chi connectivity index (χ4n) is 0.875. The Labute approximate surface area is 91.9 Å². The number of anilines is 1. The fraction of sp³-hybridized carbons (Fsp3) is 0.556. The average Bonchev–Trinajstić information content (AvgIpc) is 2.14. The first-order valence-corrected chi connectivity index (χ1v) is 5.28. The van der Waals surface area contributed by atoms with Gasteiger partial charge in [-0.15, -0.1) is 0 Å². The molecule has 0 spiro atoms. The number of rotatable bonds is 4. The Kier molecular flexibility index (Phi) is 4.28. The van der Waals surface area contributed by atoms with Gasteiger partial charge in [0.05, 0.1) is 6.10 Å². The van der Waals surface area contributed by atoms with Crippen molar-refractivity contribution in [1.29, 1.82) is 0 Å². The number of hydrogen-bond donors (Lipinski definition) is 2. The van der Waals surface area contributed by atoms with Gasteiger partial charge in [0.2, 0.25) is 0 Å². The summed E-state index contributed by atoms with van der Waals surface area (Å²) in [5.74, 6) is 0.958. The third-order valence-electron chi connectivity index (χ3n) is 1.90. The van der Waals surface area contributed by atoms with E-state index in [0.29, 0.717) is 12.4 Å². The summed E-state index contributed by atoms with van der Waals surface area (Å²) in [6.45, 7) is 4.45. The van der Waals surface area contributed by atoms with Gasteiger partial charge in [-0.25, -0.2) is 9.97 Å². The Hall–Kier alpha value is -0.680. The summed E-state index contributed by atoms with van der Waals surface area (Å²) in [4.78, 5) is 7.91. The van der Waals surface area contributed by atoms with Gasteiger partial charge in [0.25, 0.3) is 0 Å². The van der Waals surface area contributed by atoms with Gasteiger partial charge in [0.15, 0.2) is 0 Å². The van der Waals surface area contributed by atoms with E-state index >= 15 is 0 Å². The largest absolute Gasteiger partial charge is 0.391 e. The van der Waals surface area contributed by atoms with Gasteiger partial charge >= 0.3 is 0 Å². The molecule has 1 aromatic rings. The second kappa shape index (κ2) is 5.26. The lowest BCUT2D eigenvalue weighted by atomic mass is 10.1. The van der Waals surface area contributed by atoms with Gasteiger partial charge < -0.3 is 10.4 Å². The van der Waals surface area contributed by atoms with Crippen molar-refractivity contribution in [1.82, 2.24) is 9.97 Å². The molecule has 0 aliphatic heterocycles. The van der Waals surface area contributed by atoms with E-state index in [2.05, 4.69) is 31.2 Å². The molecule has 1 atom stereocenters. The lowest BCUT2D eigenvalue weighted by molar-refractivity contribution is 0.138. The topological polar surface area (TPSA) is 58.0 Å². The summed E-state index contributed by atoms with van der Waals surface area (Å²) in [7, 11) is 0. The number of aromatic nitrogens is 2. The van der Waals surface area contributed by atoms with Crippen LogP contribution < -0.4 is 5.32 Å². The molecule has 1 rings (SSSR count). The maximum atomic E-state index is 9.54. The molecule has 0 fully saturated rings.